The molecule has 0 spiro atoms. The van der Waals surface area contributed by atoms with Crippen molar-refractivity contribution in [3.05, 3.63) is 89.0 Å². The third-order valence-electron chi connectivity index (χ3n) is 7.65. The molecule has 224 valence electrons. The highest BCUT2D eigenvalue weighted by Gasteiger charge is 2.32. The van der Waals surface area contributed by atoms with Crippen molar-refractivity contribution >= 4 is 11.8 Å². The Morgan fingerprint density at radius 2 is 1.98 bits per heavy atom. The first-order valence-electron chi connectivity index (χ1n) is 14.4. The van der Waals surface area contributed by atoms with Gasteiger partial charge in [-0.2, -0.15) is 5.26 Å². The molecule has 2 amide bonds. The van der Waals surface area contributed by atoms with Crippen molar-refractivity contribution in [3.8, 4) is 23.3 Å². The summed E-state index contributed by atoms with van der Waals surface area (Å²) in [6, 6.07) is 21.9. The molecule has 3 aromatic carbocycles. The van der Waals surface area contributed by atoms with Gasteiger partial charge in [0, 0.05) is 38.3 Å². The molecule has 0 saturated carbocycles. The normalized spacial score (nSPS) is 19.5. The van der Waals surface area contributed by atoms with Crippen LogP contribution >= 0.6 is 0 Å². The lowest BCUT2D eigenvalue weighted by Gasteiger charge is -2.39. The Morgan fingerprint density at radius 1 is 1.12 bits per heavy atom. The quantitative estimate of drug-likeness (QED) is 0.452. The van der Waals surface area contributed by atoms with E-state index in [2.05, 4.69) is 16.3 Å². The summed E-state index contributed by atoms with van der Waals surface area (Å²) in [5.74, 6) is 0.753. The number of ether oxygens (including phenoxy) is 3. The lowest BCUT2D eigenvalue weighted by molar-refractivity contribution is -0.125. The van der Waals surface area contributed by atoms with Gasteiger partial charge in [0.15, 0.2) is 11.5 Å². The van der Waals surface area contributed by atoms with Gasteiger partial charge in [0.05, 0.1) is 44.0 Å². The molecule has 2 N–H and O–H groups in total. The summed E-state index contributed by atoms with van der Waals surface area (Å²) in [6.45, 7) is 2.19. The van der Waals surface area contributed by atoms with Crippen LogP contribution in [0.2, 0.25) is 0 Å². The predicted octanol–water partition coefficient (Wildman–Crippen LogP) is 3.47. The lowest BCUT2D eigenvalue weighted by Crippen LogP contribution is -2.57. The van der Waals surface area contributed by atoms with Gasteiger partial charge in [0.1, 0.15) is 5.75 Å². The standard InChI is InChI=1S/C33H36N4O6/c1-41-30-10-9-26-17-31(30)43-27-8-3-7-25(16-27)22-42-29-11-13-36(19-24-6-2-5-23(15-24)18-34)20-28(29)35-32(39)21-37(33(26)40)12-4-14-38/h2-3,5-10,15-17,28-29,38H,4,11-14,19-22H2,1H3,(H,35,39)/t28-,29-/m0/s1. The molecular weight excluding hydrogens is 548 g/mol. The molecule has 1 fully saturated rings. The molecule has 2 atom stereocenters. The van der Waals surface area contributed by atoms with Crippen molar-refractivity contribution in [2.75, 3.05) is 39.9 Å². The van der Waals surface area contributed by atoms with Gasteiger partial charge in [-0.1, -0.05) is 24.3 Å². The molecule has 43 heavy (non-hydrogen) atoms. The molecule has 0 radical (unpaired) electrons. The highest BCUT2D eigenvalue weighted by atomic mass is 16.5. The smallest absolute Gasteiger partial charge is 0.254 e. The Kier molecular flexibility index (Phi) is 9.89. The summed E-state index contributed by atoms with van der Waals surface area (Å²) in [5.41, 5.74) is 2.88. The van der Waals surface area contributed by atoms with Crippen molar-refractivity contribution in [2.45, 2.75) is 38.1 Å². The molecular formula is C33H36N4O6. The van der Waals surface area contributed by atoms with E-state index in [-0.39, 0.29) is 43.7 Å². The van der Waals surface area contributed by atoms with Crippen LogP contribution in [0.4, 0.5) is 0 Å². The van der Waals surface area contributed by atoms with Crippen LogP contribution in [0.1, 0.15) is 39.9 Å². The Morgan fingerprint density at radius 3 is 2.79 bits per heavy atom. The molecule has 2 heterocycles. The number of aliphatic hydroxyl groups is 1. The number of hydrogen-bond acceptors (Lipinski definition) is 8. The number of likely N-dealkylation sites (tertiary alicyclic amines) is 1. The average Bonchev–Trinajstić information content (AvgIpc) is 3.02. The first-order valence-corrected chi connectivity index (χ1v) is 14.4. The first kappa shape index (κ1) is 30.0. The van der Waals surface area contributed by atoms with Gasteiger partial charge < -0.3 is 29.5 Å². The number of carbonyl (C=O) groups excluding carboxylic acids is 2. The maximum absolute atomic E-state index is 13.6. The van der Waals surface area contributed by atoms with Crippen LogP contribution < -0.4 is 14.8 Å². The minimum absolute atomic E-state index is 0.112. The van der Waals surface area contributed by atoms with Crippen molar-refractivity contribution in [1.82, 2.24) is 15.1 Å². The van der Waals surface area contributed by atoms with Gasteiger partial charge in [0.2, 0.25) is 5.91 Å². The zero-order chi connectivity index (χ0) is 30.2. The summed E-state index contributed by atoms with van der Waals surface area (Å²) >= 11 is 0. The van der Waals surface area contributed by atoms with Gasteiger partial charge in [-0.05, 0) is 66.4 Å². The Balaban J connectivity index is 1.43. The Labute approximate surface area is 251 Å². The number of nitrogens with one attached hydrogen (secondary N) is 1. The van der Waals surface area contributed by atoms with E-state index in [4.69, 9.17) is 14.2 Å². The summed E-state index contributed by atoms with van der Waals surface area (Å²) in [4.78, 5) is 30.8. The fraction of sp³-hybridized carbons (Fsp3) is 0.364. The number of aliphatic hydroxyl groups excluding tert-OH is 1. The number of methoxy groups -OCH3 is 1. The summed E-state index contributed by atoms with van der Waals surface area (Å²) < 4.78 is 18.0. The predicted molar refractivity (Wildman–Crippen MR) is 159 cm³/mol. The zero-order valence-corrected chi connectivity index (χ0v) is 24.2. The molecule has 5 rings (SSSR count). The molecule has 0 aliphatic carbocycles. The highest BCUT2D eigenvalue weighted by Crippen LogP contribution is 2.33. The second-order valence-corrected chi connectivity index (χ2v) is 10.8. The maximum Gasteiger partial charge on any atom is 0.254 e. The van der Waals surface area contributed by atoms with E-state index in [0.29, 0.717) is 60.9 Å². The van der Waals surface area contributed by atoms with E-state index in [1.165, 1.54) is 12.0 Å². The van der Waals surface area contributed by atoms with E-state index in [0.717, 1.165) is 17.7 Å². The van der Waals surface area contributed by atoms with Crippen molar-refractivity contribution in [2.24, 2.45) is 0 Å². The van der Waals surface area contributed by atoms with Crippen LogP contribution in [0.25, 0.3) is 0 Å². The molecule has 10 nitrogen and oxygen atoms in total. The lowest BCUT2D eigenvalue weighted by atomic mass is 10.0. The SMILES string of the molecule is COc1ccc2cc1Oc1cccc(c1)CO[C@H]1CCN(Cc3cccc(C#N)c3)C[C@@H]1NC(=O)CN(CCCO)C2=O. The summed E-state index contributed by atoms with van der Waals surface area (Å²) in [7, 11) is 1.53. The number of fused-ring (bicyclic) bond motifs is 5. The highest BCUT2D eigenvalue weighted by molar-refractivity contribution is 5.97. The van der Waals surface area contributed by atoms with E-state index in [1.807, 2.05) is 42.5 Å². The number of piperidine rings is 1. The third kappa shape index (κ3) is 7.70. The van der Waals surface area contributed by atoms with E-state index >= 15 is 0 Å². The van der Waals surface area contributed by atoms with Gasteiger partial charge >= 0.3 is 0 Å². The van der Waals surface area contributed by atoms with Crippen LogP contribution in [0.5, 0.6) is 17.2 Å². The van der Waals surface area contributed by atoms with Gasteiger partial charge in [-0.25, -0.2) is 0 Å². The number of benzene rings is 3. The second kappa shape index (κ2) is 14.2. The number of nitriles is 1. The fourth-order valence-electron chi connectivity index (χ4n) is 5.52. The van der Waals surface area contributed by atoms with E-state index in [9.17, 15) is 20.0 Å². The zero-order valence-electron chi connectivity index (χ0n) is 24.2. The van der Waals surface area contributed by atoms with E-state index in [1.54, 1.807) is 24.3 Å². The summed E-state index contributed by atoms with van der Waals surface area (Å²) in [5, 5.41) is 21.9. The van der Waals surface area contributed by atoms with Crippen LogP contribution in [0, 0.1) is 11.3 Å². The fourth-order valence-corrected chi connectivity index (χ4v) is 5.52. The van der Waals surface area contributed by atoms with Crippen molar-refractivity contribution < 1.29 is 28.9 Å². The number of rotatable bonds is 6. The number of carbonyl (C=O) groups is 2. The minimum Gasteiger partial charge on any atom is -0.493 e. The Bertz CT molecular complexity index is 1490. The number of amides is 2. The largest absolute Gasteiger partial charge is 0.493 e. The number of hydrogen-bond donors (Lipinski definition) is 2. The average molecular weight is 585 g/mol. The van der Waals surface area contributed by atoms with Gasteiger partial charge in [-0.3, -0.25) is 14.5 Å². The van der Waals surface area contributed by atoms with Crippen molar-refractivity contribution in [3.63, 3.8) is 0 Å². The molecule has 0 unspecified atom stereocenters. The minimum atomic E-state index is -0.354. The van der Waals surface area contributed by atoms with Crippen LogP contribution in [0.15, 0.2) is 66.7 Å². The molecule has 2 aliphatic rings. The van der Waals surface area contributed by atoms with Crippen LogP contribution in [-0.4, -0.2) is 78.8 Å². The van der Waals surface area contributed by atoms with Gasteiger partial charge in [0.25, 0.3) is 5.91 Å². The van der Waals surface area contributed by atoms with E-state index < -0.39 is 0 Å². The Hall–Kier alpha value is -4.43. The van der Waals surface area contributed by atoms with Crippen LogP contribution in [-0.2, 0) is 22.7 Å². The topological polar surface area (TPSA) is 124 Å². The molecule has 1 saturated heterocycles. The molecule has 3 aromatic rings. The molecule has 10 heteroatoms. The van der Waals surface area contributed by atoms with Crippen molar-refractivity contribution in [1.29, 1.82) is 5.26 Å². The molecule has 4 bridgehead atoms. The second-order valence-electron chi connectivity index (χ2n) is 10.8. The third-order valence-corrected chi connectivity index (χ3v) is 7.65. The molecule has 0 aromatic heterocycles. The first-order chi connectivity index (χ1) is 20.9. The van der Waals surface area contributed by atoms with Crippen LogP contribution in [0.3, 0.4) is 0 Å². The number of nitrogens with zero attached hydrogens (tertiary/aromatic N) is 3. The van der Waals surface area contributed by atoms with Gasteiger partial charge in [-0.15, -0.1) is 0 Å². The maximum atomic E-state index is 13.6. The summed E-state index contributed by atoms with van der Waals surface area (Å²) in [6.07, 6.45) is 0.766. The monoisotopic (exact) mass is 584 g/mol. The molecule has 2 aliphatic heterocycles.